The van der Waals surface area contributed by atoms with E-state index in [-0.39, 0.29) is 17.3 Å². The molecular weight excluding hydrogens is 394 g/mol. The van der Waals surface area contributed by atoms with E-state index in [9.17, 15) is 4.79 Å². The lowest BCUT2D eigenvalue weighted by Gasteiger charge is -2.20. The number of fused-ring (bicyclic) bond motifs is 1. The molecule has 0 radical (unpaired) electrons. The second-order valence-electron chi connectivity index (χ2n) is 8.06. The van der Waals surface area contributed by atoms with E-state index in [0.29, 0.717) is 5.17 Å². The third-order valence-corrected chi connectivity index (χ3v) is 6.54. The van der Waals surface area contributed by atoms with Gasteiger partial charge in [-0.15, -0.1) is 0 Å². The summed E-state index contributed by atoms with van der Waals surface area (Å²) >= 11 is 1.36. The van der Waals surface area contributed by atoms with Crippen molar-refractivity contribution in [3.05, 3.63) is 57.9 Å². The van der Waals surface area contributed by atoms with Gasteiger partial charge in [-0.25, -0.2) is 0 Å². The minimum Gasteiger partial charge on any atom is -0.318 e. The summed E-state index contributed by atoms with van der Waals surface area (Å²) in [5.41, 5.74) is 6.78. The number of aliphatic imine (C=N–C) groups is 1. The van der Waals surface area contributed by atoms with Gasteiger partial charge in [0.1, 0.15) is 5.04 Å². The predicted molar refractivity (Wildman–Crippen MR) is 125 cm³/mol. The van der Waals surface area contributed by atoms with Crippen molar-refractivity contribution in [2.75, 3.05) is 0 Å². The van der Waals surface area contributed by atoms with Crippen LogP contribution in [0.5, 0.6) is 0 Å². The molecule has 2 aliphatic rings. The van der Waals surface area contributed by atoms with Crippen molar-refractivity contribution in [1.29, 1.82) is 5.41 Å². The number of amides is 1. The summed E-state index contributed by atoms with van der Waals surface area (Å²) in [5.74, 6) is -0.102. The summed E-state index contributed by atoms with van der Waals surface area (Å²) in [7, 11) is 0. The van der Waals surface area contributed by atoms with E-state index in [1.165, 1.54) is 27.9 Å². The lowest BCUT2D eigenvalue weighted by atomic mass is 10.1. The van der Waals surface area contributed by atoms with Crippen molar-refractivity contribution in [3.8, 4) is 5.69 Å². The monoisotopic (exact) mass is 419 g/mol. The van der Waals surface area contributed by atoms with E-state index >= 15 is 0 Å². The van der Waals surface area contributed by atoms with Crippen LogP contribution in [-0.4, -0.2) is 31.5 Å². The van der Waals surface area contributed by atoms with Crippen LogP contribution in [0.15, 0.2) is 39.9 Å². The predicted octanol–water partition coefficient (Wildman–Crippen LogP) is 4.99. The first-order valence-corrected chi connectivity index (χ1v) is 10.8. The van der Waals surface area contributed by atoms with Gasteiger partial charge in [0.2, 0.25) is 5.17 Å². The number of hydrazone groups is 1. The number of rotatable bonds is 3. The Hall–Kier alpha value is -2.93. The summed E-state index contributed by atoms with van der Waals surface area (Å²) in [6.45, 7) is 12.3. The van der Waals surface area contributed by atoms with Crippen LogP contribution >= 0.6 is 11.8 Å². The van der Waals surface area contributed by atoms with Crippen LogP contribution in [0, 0.1) is 39.0 Å². The van der Waals surface area contributed by atoms with Crippen molar-refractivity contribution < 1.29 is 4.79 Å². The summed E-state index contributed by atoms with van der Waals surface area (Å²) < 4.78 is 2.19. The van der Waals surface area contributed by atoms with E-state index < -0.39 is 5.91 Å². The molecule has 3 heterocycles. The molecule has 4 rings (SSSR count). The standard InChI is InChI=1S/C23H25N5OS/c1-12(2)22-26-28-20(24)18(21(29)25-23(28)30-22)11-17-10-15(5)27(16(17)6)19-8-7-13(3)9-14(19)4/h7-12,24H,1-6H3/b18-11+,24-20?. The fourth-order valence-electron chi connectivity index (χ4n) is 3.76. The van der Waals surface area contributed by atoms with Gasteiger partial charge in [0.15, 0.2) is 5.84 Å². The van der Waals surface area contributed by atoms with Gasteiger partial charge in [0.05, 0.1) is 5.57 Å². The minimum absolute atomic E-state index is 0.0736. The van der Waals surface area contributed by atoms with Crippen molar-refractivity contribution in [2.45, 2.75) is 41.5 Å². The Balaban J connectivity index is 1.76. The zero-order valence-corrected chi connectivity index (χ0v) is 18.9. The summed E-state index contributed by atoms with van der Waals surface area (Å²) in [5, 5.41) is 15.8. The second kappa shape index (κ2) is 7.40. The molecule has 6 nitrogen and oxygen atoms in total. The van der Waals surface area contributed by atoms with Crippen LogP contribution in [0.4, 0.5) is 0 Å². The topological polar surface area (TPSA) is 73.8 Å². The van der Waals surface area contributed by atoms with E-state index in [4.69, 9.17) is 5.41 Å². The fourth-order valence-corrected chi connectivity index (χ4v) is 4.65. The van der Waals surface area contributed by atoms with Gasteiger partial charge in [-0.3, -0.25) is 10.2 Å². The Labute approximate surface area is 180 Å². The molecule has 30 heavy (non-hydrogen) atoms. The Kier molecular flexibility index (Phi) is 5.02. The largest absolute Gasteiger partial charge is 0.318 e. The van der Waals surface area contributed by atoms with Gasteiger partial charge in [-0.1, -0.05) is 31.5 Å². The number of carbonyl (C=O) groups excluding carboxylic acids is 1. The zero-order chi connectivity index (χ0) is 21.7. The van der Waals surface area contributed by atoms with Crippen molar-refractivity contribution in [1.82, 2.24) is 9.58 Å². The Morgan fingerprint density at radius 3 is 2.53 bits per heavy atom. The molecule has 1 aromatic heterocycles. The highest BCUT2D eigenvalue weighted by Gasteiger charge is 2.36. The first-order chi connectivity index (χ1) is 14.2. The van der Waals surface area contributed by atoms with Gasteiger partial charge in [-0.2, -0.15) is 15.1 Å². The summed E-state index contributed by atoms with van der Waals surface area (Å²) in [6.07, 6.45) is 1.76. The summed E-state index contributed by atoms with van der Waals surface area (Å²) in [6, 6.07) is 8.43. The smallest absolute Gasteiger partial charge is 0.283 e. The van der Waals surface area contributed by atoms with E-state index in [0.717, 1.165) is 27.7 Å². The van der Waals surface area contributed by atoms with Crippen molar-refractivity contribution in [2.24, 2.45) is 16.0 Å². The maximum Gasteiger partial charge on any atom is 0.283 e. The number of hydrogen-bond donors (Lipinski definition) is 1. The number of benzene rings is 1. The van der Waals surface area contributed by atoms with Crippen LogP contribution in [0.2, 0.25) is 0 Å². The van der Waals surface area contributed by atoms with Crippen LogP contribution < -0.4 is 0 Å². The number of nitrogens with one attached hydrogen (secondary N) is 1. The highest BCUT2D eigenvalue weighted by atomic mass is 32.2. The van der Waals surface area contributed by atoms with E-state index in [2.05, 4.69) is 53.6 Å². The van der Waals surface area contributed by atoms with Crippen molar-refractivity contribution in [3.63, 3.8) is 0 Å². The van der Waals surface area contributed by atoms with Crippen LogP contribution in [0.25, 0.3) is 11.8 Å². The third kappa shape index (κ3) is 3.33. The SMILES string of the molecule is Cc1ccc(-n2c(C)cc(/C=C3\C(=N)N4N=C(C(C)C)SC4=NC3=O)c2C)c(C)c1. The third-order valence-electron chi connectivity index (χ3n) is 5.33. The maximum absolute atomic E-state index is 12.7. The van der Waals surface area contributed by atoms with Gasteiger partial charge in [0.25, 0.3) is 5.91 Å². The molecule has 0 saturated heterocycles. The molecule has 0 atom stereocenters. The lowest BCUT2D eigenvalue weighted by molar-refractivity contribution is -0.114. The van der Waals surface area contributed by atoms with Gasteiger partial charge < -0.3 is 4.57 Å². The number of aromatic nitrogens is 1. The van der Waals surface area contributed by atoms with Crippen LogP contribution in [0.3, 0.4) is 0 Å². The average molecular weight is 420 g/mol. The molecule has 1 amide bonds. The maximum atomic E-state index is 12.7. The molecule has 0 fully saturated rings. The van der Waals surface area contributed by atoms with E-state index in [1.807, 2.05) is 26.8 Å². The normalized spacial score (nSPS) is 17.7. The fraction of sp³-hybridized carbons (Fsp3) is 0.304. The van der Waals surface area contributed by atoms with Crippen LogP contribution in [-0.2, 0) is 4.79 Å². The van der Waals surface area contributed by atoms with Crippen LogP contribution in [0.1, 0.15) is 41.9 Å². The highest BCUT2D eigenvalue weighted by Crippen LogP contribution is 2.32. The Morgan fingerprint density at radius 1 is 1.13 bits per heavy atom. The molecule has 0 spiro atoms. The van der Waals surface area contributed by atoms with Gasteiger partial charge >= 0.3 is 0 Å². The average Bonchev–Trinajstić information content (AvgIpc) is 3.21. The lowest BCUT2D eigenvalue weighted by Crippen LogP contribution is -2.35. The molecule has 2 aromatic rings. The molecule has 1 aromatic carbocycles. The Morgan fingerprint density at radius 2 is 1.87 bits per heavy atom. The molecular formula is C23H25N5OS. The number of hydrogen-bond acceptors (Lipinski definition) is 4. The molecule has 0 saturated carbocycles. The first-order valence-electron chi connectivity index (χ1n) is 9.94. The minimum atomic E-state index is -0.393. The number of nitrogens with zero attached hydrogens (tertiary/aromatic N) is 4. The number of thioether (sulfide) groups is 1. The Bertz CT molecular complexity index is 1180. The second-order valence-corrected chi connectivity index (χ2v) is 9.05. The molecule has 0 unspecified atom stereocenters. The van der Waals surface area contributed by atoms with E-state index in [1.54, 1.807) is 6.08 Å². The van der Waals surface area contributed by atoms with Gasteiger partial charge in [-0.05, 0) is 68.8 Å². The highest BCUT2D eigenvalue weighted by molar-refractivity contribution is 8.27. The molecule has 7 heteroatoms. The number of carbonyl (C=O) groups is 1. The zero-order valence-electron chi connectivity index (χ0n) is 18.1. The molecule has 0 aliphatic carbocycles. The molecule has 1 N–H and O–H groups in total. The quantitative estimate of drug-likeness (QED) is 0.713. The number of aryl methyl sites for hydroxylation is 3. The molecule has 2 aliphatic heterocycles. The first kappa shape index (κ1) is 20.3. The van der Waals surface area contributed by atoms with Gasteiger partial charge in [0, 0.05) is 23.0 Å². The summed E-state index contributed by atoms with van der Waals surface area (Å²) in [4.78, 5) is 16.9. The molecule has 0 bridgehead atoms. The van der Waals surface area contributed by atoms with Crippen molar-refractivity contribution >= 4 is 39.8 Å². The number of amidine groups is 2. The molecule has 154 valence electrons.